The van der Waals surface area contributed by atoms with Crippen molar-refractivity contribution in [2.24, 2.45) is 0 Å². The normalized spacial score (nSPS) is 17.0. The van der Waals surface area contributed by atoms with Crippen molar-refractivity contribution in [2.75, 3.05) is 11.9 Å². The standard InChI is InChI=1S/C24H30F3N5O/c1-4-5-20(14-28-23(33)30-19-10-12-24(26,27)13-11-19)29-22-16(3)15(2)21(31-32-22)17-6-8-18(25)9-7-17/h4-9,19-20H,10-14H2,1-3H3,(H,29,32)(H2,28,30,33)/b5-4+. The predicted octanol–water partition coefficient (Wildman–Crippen LogP) is 5.13. The Morgan fingerprint density at radius 1 is 1.15 bits per heavy atom. The van der Waals surface area contributed by atoms with Crippen LogP contribution in [0.25, 0.3) is 11.3 Å². The molecule has 1 aromatic heterocycles. The van der Waals surface area contributed by atoms with E-state index in [4.69, 9.17) is 0 Å². The number of carbonyl (C=O) groups excluding carboxylic acids is 1. The number of hydrogen-bond acceptors (Lipinski definition) is 4. The van der Waals surface area contributed by atoms with Gasteiger partial charge in [0.25, 0.3) is 0 Å². The third kappa shape index (κ3) is 6.69. The summed E-state index contributed by atoms with van der Waals surface area (Å²) in [4.78, 5) is 12.3. The highest BCUT2D eigenvalue weighted by Gasteiger charge is 2.35. The second kappa shape index (κ2) is 10.7. The number of rotatable bonds is 7. The number of anilines is 1. The fourth-order valence-corrected chi connectivity index (χ4v) is 3.82. The summed E-state index contributed by atoms with van der Waals surface area (Å²) in [6, 6.07) is 5.22. The summed E-state index contributed by atoms with van der Waals surface area (Å²) in [5, 5.41) is 17.5. The first-order valence-electron chi connectivity index (χ1n) is 11.1. The Bertz CT molecular complexity index is 984. The third-order valence-corrected chi connectivity index (χ3v) is 5.92. The van der Waals surface area contributed by atoms with Gasteiger partial charge in [0, 0.05) is 31.0 Å². The molecule has 0 radical (unpaired) electrons. The molecule has 3 rings (SSSR count). The predicted molar refractivity (Wildman–Crippen MR) is 123 cm³/mol. The molecule has 0 aliphatic heterocycles. The van der Waals surface area contributed by atoms with Crippen LogP contribution in [0.5, 0.6) is 0 Å². The minimum Gasteiger partial charge on any atom is -0.360 e. The van der Waals surface area contributed by atoms with Crippen molar-refractivity contribution in [3.05, 3.63) is 53.4 Å². The van der Waals surface area contributed by atoms with Crippen LogP contribution in [0.3, 0.4) is 0 Å². The summed E-state index contributed by atoms with van der Waals surface area (Å²) in [6.07, 6.45) is 3.89. The summed E-state index contributed by atoms with van der Waals surface area (Å²) < 4.78 is 39.8. The van der Waals surface area contributed by atoms with Gasteiger partial charge in [0.1, 0.15) is 5.82 Å². The molecule has 6 nitrogen and oxygen atoms in total. The maximum absolute atomic E-state index is 13.3. The zero-order chi connectivity index (χ0) is 24.0. The second-order valence-electron chi connectivity index (χ2n) is 8.42. The lowest BCUT2D eigenvalue weighted by molar-refractivity contribution is -0.0395. The van der Waals surface area contributed by atoms with Crippen LogP contribution in [0.2, 0.25) is 0 Å². The fourth-order valence-electron chi connectivity index (χ4n) is 3.82. The highest BCUT2D eigenvalue weighted by molar-refractivity contribution is 5.74. The van der Waals surface area contributed by atoms with E-state index in [1.165, 1.54) is 12.1 Å². The van der Waals surface area contributed by atoms with Gasteiger partial charge in [-0.3, -0.25) is 0 Å². The number of urea groups is 1. The molecule has 178 valence electrons. The number of alkyl halides is 2. The van der Waals surface area contributed by atoms with Gasteiger partial charge in [-0.1, -0.05) is 12.2 Å². The monoisotopic (exact) mass is 461 g/mol. The SMILES string of the molecule is C/C=C/C(CNC(=O)NC1CCC(F)(F)CC1)Nc1nnc(-c2ccc(F)cc2)c(C)c1C. The summed E-state index contributed by atoms with van der Waals surface area (Å²) >= 11 is 0. The van der Waals surface area contributed by atoms with Crippen LogP contribution in [-0.2, 0) is 0 Å². The Hall–Kier alpha value is -3.10. The van der Waals surface area contributed by atoms with E-state index in [-0.39, 0.29) is 56.2 Å². The van der Waals surface area contributed by atoms with Gasteiger partial charge in [-0.15, -0.1) is 10.2 Å². The van der Waals surface area contributed by atoms with Gasteiger partial charge in [0.15, 0.2) is 5.82 Å². The maximum atomic E-state index is 13.3. The molecule has 0 bridgehead atoms. The van der Waals surface area contributed by atoms with E-state index < -0.39 is 5.92 Å². The van der Waals surface area contributed by atoms with Crippen molar-refractivity contribution in [3.8, 4) is 11.3 Å². The van der Waals surface area contributed by atoms with E-state index in [2.05, 4.69) is 26.1 Å². The van der Waals surface area contributed by atoms with E-state index in [1.807, 2.05) is 32.9 Å². The molecule has 0 saturated heterocycles. The molecular weight excluding hydrogens is 431 g/mol. The lowest BCUT2D eigenvalue weighted by atomic mass is 9.92. The number of hydrogen-bond donors (Lipinski definition) is 3. The van der Waals surface area contributed by atoms with E-state index in [1.54, 1.807) is 12.1 Å². The average Bonchev–Trinajstić information content (AvgIpc) is 2.78. The quantitative estimate of drug-likeness (QED) is 0.500. The zero-order valence-corrected chi connectivity index (χ0v) is 19.1. The minimum atomic E-state index is -2.63. The van der Waals surface area contributed by atoms with E-state index in [0.29, 0.717) is 11.5 Å². The van der Waals surface area contributed by atoms with Gasteiger partial charge in [0.05, 0.1) is 11.7 Å². The largest absolute Gasteiger partial charge is 0.360 e. The number of amides is 2. The van der Waals surface area contributed by atoms with Gasteiger partial charge in [0.2, 0.25) is 5.92 Å². The zero-order valence-electron chi connectivity index (χ0n) is 19.1. The molecule has 1 heterocycles. The van der Waals surface area contributed by atoms with Crippen molar-refractivity contribution < 1.29 is 18.0 Å². The lowest BCUT2D eigenvalue weighted by Gasteiger charge is -2.29. The fraction of sp³-hybridized carbons (Fsp3) is 0.458. The molecule has 1 aliphatic carbocycles. The number of aromatic nitrogens is 2. The average molecular weight is 462 g/mol. The number of nitrogens with one attached hydrogen (secondary N) is 3. The third-order valence-electron chi connectivity index (χ3n) is 5.92. The second-order valence-corrected chi connectivity index (χ2v) is 8.42. The molecule has 1 aromatic carbocycles. The van der Waals surface area contributed by atoms with E-state index in [0.717, 1.165) is 16.7 Å². The first-order chi connectivity index (χ1) is 15.7. The highest BCUT2D eigenvalue weighted by Crippen LogP contribution is 2.33. The highest BCUT2D eigenvalue weighted by atomic mass is 19.3. The topological polar surface area (TPSA) is 78.9 Å². The van der Waals surface area contributed by atoms with Crippen LogP contribution in [0.1, 0.15) is 43.7 Å². The Morgan fingerprint density at radius 3 is 2.45 bits per heavy atom. The van der Waals surface area contributed by atoms with Gasteiger partial charge < -0.3 is 16.0 Å². The summed E-state index contributed by atoms with van der Waals surface area (Å²) in [6.45, 7) is 6.00. The van der Waals surface area contributed by atoms with Crippen LogP contribution >= 0.6 is 0 Å². The lowest BCUT2D eigenvalue weighted by Crippen LogP contribution is -2.47. The van der Waals surface area contributed by atoms with Crippen molar-refractivity contribution in [1.82, 2.24) is 20.8 Å². The molecule has 1 unspecified atom stereocenters. The molecule has 3 N–H and O–H groups in total. The van der Waals surface area contributed by atoms with Gasteiger partial charge in [-0.2, -0.15) is 0 Å². The van der Waals surface area contributed by atoms with Crippen LogP contribution in [0.4, 0.5) is 23.8 Å². The maximum Gasteiger partial charge on any atom is 0.315 e. The van der Waals surface area contributed by atoms with Crippen LogP contribution in [0.15, 0.2) is 36.4 Å². The number of allylic oxidation sites excluding steroid dienone is 1. The molecule has 1 fully saturated rings. The van der Waals surface area contributed by atoms with Crippen LogP contribution < -0.4 is 16.0 Å². The van der Waals surface area contributed by atoms with Crippen molar-refractivity contribution >= 4 is 11.8 Å². The molecule has 2 amide bonds. The van der Waals surface area contributed by atoms with Crippen molar-refractivity contribution in [1.29, 1.82) is 0 Å². The number of halogens is 3. The summed E-state index contributed by atoms with van der Waals surface area (Å²) in [5.74, 6) is -2.36. The van der Waals surface area contributed by atoms with Crippen LogP contribution in [0, 0.1) is 19.7 Å². The Morgan fingerprint density at radius 2 is 1.82 bits per heavy atom. The van der Waals surface area contributed by atoms with Gasteiger partial charge in [-0.25, -0.2) is 18.0 Å². The first-order valence-corrected chi connectivity index (χ1v) is 11.1. The molecule has 9 heteroatoms. The van der Waals surface area contributed by atoms with Crippen molar-refractivity contribution in [2.45, 2.75) is 64.5 Å². The Labute approximate surface area is 192 Å². The smallest absolute Gasteiger partial charge is 0.315 e. The molecular formula is C24H30F3N5O. The molecule has 33 heavy (non-hydrogen) atoms. The molecule has 1 aliphatic rings. The Balaban J connectivity index is 1.60. The minimum absolute atomic E-state index is 0.202. The molecule has 0 spiro atoms. The number of carbonyl (C=O) groups is 1. The van der Waals surface area contributed by atoms with Gasteiger partial charge >= 0.3 is 6.03 Å². The van der Waals surface area contributed by atoms with Gasteiger partial charge in [-0.05, 0) is 69.0 Å². The van der Waals surface area contributed by atoms with E-state index >= 15 is 0 Å². The van der Waals surface area contributed by atoms with E-state index in [9.17, 15) is 18.0 Å². The first kappa shape index (κ1) is 24.5. The molecule has 2 aromatic rings. The number of nitrogens with zero attached hydrogens (tertiary/aromatic N) is 2. The summed E-state index contributed by atoms with van der Waals surface area (Å²) in [5.41, 5.74) is 3.26. The molecule has 1 saturated carbocycles. The summed E-state index contributed by atoms with van der Waals surface area (Å²) in [7, 11) is 0. The van der Waals surface area contributed by atoms with Crippen molar-refractivity contribution in [3.63, 3.8) is 0 Å². The van der Waals surface area contributed by atoms with Crippen LogP contribution in [-0.4, -0.2) is 40.8 Å². The Kier molecular flexibility index (Phi) is 7.94. The molecule has 1 atom stereocenters. The number of benzene rings is 1.